The van der Waals surface area contributed by atoms with E-state index >= 15 is 0 Å². The Kier molecular flexibility index (Phi) is 7.07. The van der Waals surface area contributed by atoms with E-state index in [2.05, 4.69) is 31.4 Å². The summed E-state index contributed by atoms with van der Waals surface area (Å²) in [4.78, 5) is 26.2. The lowest BCUT2D eigenvalue weighted by Crippen LogP contribution is -2.25. The Bertz CT molecular complexity index is 1610. The molecule has 2 N–H and O–H groups in total. The first-order valence-corrected chi connectivity index (χ1v) is 12.8. The molecule has 0 saturated heterocycles. The number of rotatable bonds is 7. The predicted octanol–water partition coefficient (Wildman–Crippen LogP) is 6.90. The van der Waals surface area contributed by atoms with Gasteiger partial charge in [-0.15, -0.1) is 0 Å². The molecule has 198 valence electrons. The predicted molar refractivity (Wildman–Crippen MR) is 150 cm³/mol. The van der Waals surface area contributed by atoms with Gasteiger partial charge in [0.15, 0.2) is 0 Å². The van der Waals surface area contributed by atoms with Crippen LogP contribution < -0.4 is 10.6 Å². The largest absolute Gasteiger partial charge is 0.467 e. The Hall–Kier alpha value is -4.65. The lowest BCUT2D eigenvalue weighted by atomic mass is 9.87. The number of hydrogen-bond donors (Lipinski definition) is 2. The van der Waals surface area contributed by atoms with Crippen molar-refractivity contribution in [2.45, 2.75) is 39.3 Å². The van der Waals surface area contributed by atoms with Crippen molar-refractivity contribution in [1.29, 1.82) is 0 Å². The second-order valence-corrected chi connectivity index (χ2v) is 10.6. The average molecular weight is 524 g/mol. The molecule has 0 radical (unpaired) electrons. The van der Waals surface area contributed by atoms with Gasteiger partial charge in [0.25, 0.3) is 11.8 Å². The van der Waals surface area contributed by atoms with E-state index in [0.717, 1.165) is 22.0 Å². The molecule has 0 saturated carbocycles. The van der Waals surface area contributed by atoms with E-state index in [4.69, 9.17) is 4.42 Å². The number of aromatic nitrogens is 1. The third kappa shape index (κ3) is 5.93. The molecule has 0 spiro atoms. The summed E-state index contributed by atoms with van der Waals surface area (Å²) < 4.78 is 20.7. The zero-order chi connectivity index (χ0) is 27.6. The molecular weight excluding hydrogens is 493 g/mol. The highest BCUT2D eigenvalue weighted by Gasteiger charge is 2.18. The maximum Gasteiger partial charge on any atom is 0.268 e. The highest BCUT2D eigenvalue weighted by Crippen LogP contribution is 2.26. The second-order valence-electron chi connectivity index (χ2n) is 10.6. The molecule has 5 aromatic rings. The fraction of sp³-hybridized carbons (Fsp3) is 0.188. The summed E-state index contributed by atoms with van der Waals surface area (Å²) in [6.45, 7) is 7.01. The molecule has 0 unspecified atom stereocenters. The minimum atomic E-state index is -0.319. The van der Waals surface area contributed by atoms with E-state index in [9.17, 15) is 14.0 Å². The smallest absolute Gasteiger partial charge is 0.268 e. The van der Waals surface area contributed by atoms with Crippen LogP contribution in [0.15, 0.2) is 95.6 Å². The molecule has 39 heavy (non-hydrogen) atoms. The summed E-state index contributed by atoms with van der Waals surface area (Å²) in [6.07, 6.45) is 1.56. The van der Waals surface area contributed by atoms with E-state index in [-0.39, 0.29) is 29.6 Å². The Labute approximate surface area is 226 Å². The molecule has 2 aromatic heterocycles. The van der Waals surface area contributed by atoms with Crippen molar-refractivity contribution in [3.8, 4) is 0 Å². The van der Waals surface area contributed by atoms with Gasteiger partial charge in [0.05, 0.1) is 12.8 Å². The van der Waals surface area contributed by atoms with Crippen LogP contribution >= 0.6 is 0 Å². The van der Waals surface area contributed by atoms with E-state index in [1.807, 2.05) is 47.0 Å². The van der Waals surface area contributed by atoms with Crippen LogP contribution in [-0.4, -0.2) is 16.4 Å². The lowest BCUT2D eigenvalue weighted by molar-refractivity contribution is 0.0939. The third-order valence-electron chi connectivity index (χ3n) is 6.66. The number of carbonyl (C=O) groups is 2. The zero-order valence-corrected chi connectivity index (χ0v) is 22.1. The number of fused-ring (bicyclic) bond motifs is 1. The van der Waals surface area contributed by atoms with Crippen LogP contribution in [0.5, 0.6) is 0 Å². The number of hydrogen-bond acceptors (Lipinski definition) is 3. The summed E-state index contributed by atoms with van der Waals surface area (Å²) in [5, 5.41) is 6.65. The number of carbonyl (C=O) groups excluding carboxylic acids is 2. The van der Waals surface area contributed by atoms with Crippen LogP contribution in [0.3, 0.4) is 0 Å². The fourth-order valence-corrected chi connectivity index (χ4v) is 4.48. The monoisotopic (exact) mass is 523 g/mol. The van der Waals surface area contributed by atoms with Crippen LogP contribution in [0.4, 0.5) is 10.1 Å². The number of nitrogens with one attached hydrogen (secondary N) is 2. The molecule has 0 aliphatic rings. The quantitative estimate of drug-likeness (QED) is 0.244. The molecule has 2 heterocycles. The first kappa shape index (κ1) is 26.0. The summed E-state index contributed by atoms with van der Waals surface area (Å²) in [5.41, 5.74) is 4.45. The molecule has 0 aliphatic heterocycles. The van der Waals surface area contributed by atoms with Crippen LogP contribution in [0.1, 0.15) is 58.5 Å². The average Bonchev–Trinajstić information content (AvgIpc) is 3.56. The van der Waals surface area contributed by atoms with Crippen LogP contribution in [-0.2, 0) is 18.5 Å². The van der Waals surface area contributed by atoms with Gasteiger partial charge in [-0.05, 0) is 77.2 Å². The van der Waals surface area contributed by atoms with Crippen molar-refractivity contribution < 1.29 is 18.4 Å². The molecule has 7 heteroatoms. The van der Waals surface area contributed by atoms with Crippen molar-refractivity contribution >= 4 is 28.4 Å². The zero-order valence-electron chi connectivity index (χ0n) is 22.1. The minimum Gasteiger partial charge on any atom is -0.467 e. The Morgan fingerprint density at radius 3 is 2.31 bits per heavy atom. The number of nitrogens with zero attached hydrogens (tertiary/aromatic N) is 1. The van der Waals surface area contributed by atoms with Crippen LogP contribution in [0.2, 0.25) is 0 Å². The number of benzene rings is 3. The van der Waals surface area contributed by atoms with Crippen LogP contribution in [0, 0.1) is 5.82 Å². The second kappa shape index (κ2) is 10.6. The highest BCUT2D eigenvalue weighted by molar-refractivity contribution is 6.06. The molecule has 0 bridgehead atoms. The maximum absolute atomic E-state index is 13.5. The maximum atomic E-state index is 13.5. The normalized spacial score (nSPS) is 11.5. The molecule has 3 aromatic carbocycles. The van der Waals surface area contributed by atoms with Crippen molar-refractivity contribution in [3.05, 3.63) is 125 Å². The first-order valence-electron chi connectivity index (χ1n) is 12.8. The molecule has 2 amide bonds. The third-order valence-corrected chi connectivity index (χ3v) is 6.66. The number of furan rings is 1. The van der Waals surface area contributed by atoms with Gasteiger partial charge in [-0.3, -0.25) is 9.59 Å². The van der Waals surface area contributed by atoms with Gasteiger partial charge < -0.3 is 19.6 Å². The van der Waals surface area contributed by atoms with Gasteiger partial charge in [0, 0.05) is 28.7 Å². The van der Waals surface area contributed by atoms with Crippen molar-refractivity contribution in [2.24, 2.45) is 0 Å². The van der Waals surface area contributed by atoms with Gasteiger partial charge >= 0.3 is 0 Å². The SMILES string of the molecule is CC(C)(C)c1ccc(C(=O)Nc2ccc3c(c2)cc(C(=O)NCc2ccco2)n3Cc2ccc(F)cc2)cc1. The summed E-state index contributed by atoms with van der Waals surface area (Å²) in [6, 6.07) is 24.7. The number of anilines is 1. The van der Waals surface area contributed by atoms with E-state index < -0.39 is 0 Å². The molecule has 6 nitrogen and oxygen atoms in total. The molecule has 0 aliphatic carbocycles. The van der Waals surface area contributed by atoms with Gasteiger partial charge in [-0.1, -0.05) is 45.0 Å². The Balaban J connectivity index is 1.42. The minimum absolute atomic E-state index is 0.00304. The van der Waals surface area contributed by atoms with E-state index in [1.54, 1.807) is 36.6 Å². The first-order chi connectivity index (χ1) is 18.7. The standard InChI is InChI=1S/C32H30FN3O3/c1-32(2,3)24-10-8-22(9-11-24)30(37)35-26-14-15-28-23(17-26)18-29(31(38)34-19-27-5-4-16-39-27)36(28)20-21-6-12-25(33)13-7-21/h4-18H,19-20H2,1-3H3,(H,34,38)(H,35,37). The van der Waals surface area contributed by atoms with Crippen molar-refractivity contribution in [3.63, 3.8) is 0 Å². The Morgan fingerprint density at radius 1 is 0.897 bits per heavy atom. The van der Waals surface area contributed by atoms with Gasteiger partial charge in [0.1, 0.15) is 17.3 Å². The van der Waals surface area contributed by atoms with E-state index in [0.29, 0.717) is 29.2 Å². The summed E-state index contributed by atoms with van der Waals surface area (Å²) in [5.74, 6) is -0.155. The van der Waals surface area contributed by atoms with Crippen LogP contribution in [0.25, 0.3) is 10.9 Å². The van der Waals surface area contributed by atoms with Gasteiger partial charge in [-0.2, -0.15) is 0 Å². The lowest BCUT2D eigenvalue weighted by Gasteiger charge is -2.19. The van der Waals surface area contributed by atoms with Gasteiger partial charge in [0.2, 0.25) is 0 Å². The number of amides is 2. The molecule has 0 fully saturated rings. The Morgan fingerprint density at radius 2 is 1.64 bits per heavy atom. The number of halogens is 1. The molecule has 0 atom stereocenters. The highest BCUT2D eigenvalue weighted by atomic mass is 19.1. The van der Waals surface area contributed by atoms with Gasteiger partial charge in [-0.25, -0.2) is 4.39 Å². The summed E-state index contributed by atoms with van der Waals surface area (Å²) >= 11 is 0. The topological polar surface area (TPSA) is 76.3 Å². The van der Waals surface area contributed by atoms with Crippen molar-refractivity contribution in [2.75, 3.05) is 5.32 Å². The molecular formula is C32H30FN3O3. The molecule has 5 rings (SSSR count). The summed E-state index contributed by atoms with van der Waals surface area (Å²) in [7, 11) is 0. The van der Waals surface area contributed by atoms with E-state index in [1.165, 1.54) is 12.1 Å². The van der Waals surface area contributed by atoms with Crippen molar-refractivity contribution in [1.82, 2.24) is 9.88 Å². The fourth-order valence-electron chi connectivity index (χ4n) is 4.48.